The molecule has 0 radical (unpaired) electrons. The second-order valence-electron chi connectivity index (χ2n) is 5.33. The van der Waals surface area contributed by atoms with E-state index in [0.717, 1.165) is 30.0 Å². The maximum Gasteiger partial charge on any atom is 0.416 e. The highest BCUT2D eigenvalue weighted by molar-refractivity contribution is 5.41. The van der Waals surface area contributed by atoms with E-state index in [2.05, 4.69) is 0 Å². The highest BCUT2D eigenvalue weighted by atomic mass is 19.4. The van der Waals surface area contributed by atoms with E-state index in [-0.39, 0.29) is 11.5 Å². The van der Waals surface area contributed by atoms with Crippen LogP contribution in [-0.2, 0) is 11.6 Å². The molecular weight excluding hydrogens is 227 g/mol. The monoisotopic (exact) mass is 243 g/mol. The topological polar surface area (TPSA) is 26.0 Å². The van der Waals surface area contributed by atoms with Crippen molar-refractivity contribution >= 4 is 0 Å². The lowest BCUT2D eigenvalue weighted by Crippen LogP contribution is -2.30. The lowest BCUT2D eigenvalue weighted by Gasteiger charge is -2.36. The molecule has 1 aliphatic rings. The van der Waals surface area contributed by atoms with Crippen molar-refractivity contribution in [3.8, 4) is 0 Å². The van der Waals surface area contributed by atoms with E-state index in [0.29, 0.717) is 0 Å². The van der Waals surface area contributed by atoms with Crippen LogP contribution in [-0.4, -0.2) is 0 Å². The normalized spacial score (nSPS) is 23.3. The fraction of sp³-hybridized carbons (Fsp3) is 0.538. The molecule has 4 heteroatoms. The quantitative estimate of drug-likeness (QED) is 0.737. The lowest BCUT2D eigenvalue weighted by molar-refractivity contribution is -0.137. The Bertz CT molecular complexity index is 435. The van der Waals surface area contributed by atoms with Gasteiger partial charge in [-0.05, 0) is 41.5 Å². The van der Waals surface area contributed by atoms with E-state index in [1.54, 1.807) is 0 Å². The predicted molar refractivity (Wildman–Crippen MR) is 60.6 cm³/mol. The zero-order valence-corrected chi connectivity index (χ0v) is 9.93. The lowest BCUT2D eigenvalue weighted by atomic mass is 9.71. The van der Waals surface area contributed by atoms with Gasteiger partial charge in [0.25, 0.3) is 0 Å². The van der Waals surface area contributed by atoms with Gasteiger partial charge in [0.05, 0.1) is 5.56 Å². The highest BCUT2D eigenvalue weighted by Crippen LogP contribution is 2.42. The van der Waals surface area contributed by atoms with Gasteiger partial charge in [-0.1, -0.05) is 19.9 Å². The summed E-state index contributed by atoms with van der Waals surface area (Å²) in [6.07, 6.45) is -2.64. The fourth-order valence-corrected chi connectivity index (χ4v) is 2.45. The Morgan fingerprint density at radius 1 is 1.29 bits per heavy atom. The summed E-state index contributed by atoms with van der Waals surface area (Å²) in [7, 11) is 0. The number of hydrogen-bond acceptors (Lipinski definition) is 1. The molecule has 0 amide bonds. The molecule has 94 valence electrons. The van der Waals surface area contributed by atoms with Crippen molar-refractivity contribution in [2.75, 3.05) is 0 Å². The van der Waals surface area contributed by atoms with Crippen LogP contribution in [0.2, 0.25) is 0 Å². The molecule has 1 unspecified atom stereocenters. The zero-order valence-electron chi connectivity index (χ0n) is 9.93. The highest BCUT2D eigenvalue weighted by Gasteiger charge is 2.36. The van der Waals surface area contributed by atoms with Gasteiger partial charge < -0.3 is 5.73 Å². The van der Waals surface area contributed by atoms with Gasteiger partial charge in [-0.2, -0.15) is 13.2 Å². The maximum absolute atomic E-state index is 12.7. The number of hydrogen-bond donors (Lipinski definition) is 1. The first-order valence-electron chi connectivity index (χ1n) is 5.69. The first kappa shape index (κ1) is 12.4. The second kappa shape index (κ2) is 3.73. The van der Waals surface area contributed by atoms with E-state index in [9.17, 15) is 13.2 Å². The number of alkyl halides is 3. The third-order valence-corrected chi connectivity index (χ3v) is 3.59. The van der Waals surface area contributed by atoms with Crippen molar-refractivity contribution < 1.29 is 13.2 Å². The van der Waals surface area contributed by atoms with Crippen LogP contribution in [0.15, 0.2) is 18.2 Å². The standard InChI is InChI=1S/C13H16F3N/c1-12(2)6-5-11(17)9-4-3-8(7-10(9)12)13(14,15)16/h3-4,7,11H,5-6,17H2,1-2H3. The van der Waals surface area contributed by atoms with Crippen LogP contribution >= 0.6 is 0 Å². The van der Waals surface area contributed by atoms with Crippen LogP contribution < -0.4 is 5.73 Å². The summed E-state index contributed by atoms with van der Waals surface area (Å²) < 4.78 is 38.0. The third-order valence-electron chi connectivity index (χ3n) is 3.59. The average molecular weight is 243 g/mol. The van der Waals surface area contributed by atoms with Gasteiger partial charge in [-0.25, -0.2) is 0 Å². The summed E-state index contributed by atoms with van der Waals surface area (Å²) >= 11 is 0. The number of halogens is 3. The Morgan fingerprint density at radius 3 is 2.53 bits per heavy atom. The van der Waals surface area contributed by atoms with Gasteiger partial charge in [0.2, 0.25) is 0 Å². The largest absolute Gasteiger partial charge is 0.416 e. The second-order valence-corrected chi connectivity index (χ2v) is 5.33. The van der Waals surface area contributed by atoms with E-state index < -0.39 is 11.7 Å². The van der Waals surface area contributed by atoms with Crippen molar-refractivity contribution in [2.24, 2.45) is 5.73 Å². The first-order chi connectivity index (χ1) is 7.72. The summed E-state index contributed by atoms with van der Waals surface area (Å²) in [6, 6.07) is 3.78. The van der Waals surface area contributed by atoms with E-state index in [4.69, 9.17) is 5.73 Å². The summed E-state index contributed by atoms with van der Waals surface area (Å²) in [5.41, 5.74) is 6.73. The Hall–Kier alpha value is -1.03. The predicted octanol–water partition coefficient (Wildman–Crippen LogP) is 3.78. The van der Waals surface area contributed by atoms with E-state index >= 15 is 0 Å². The molecule has 0 aliphatic heterocycles. The van der Waals surface area contributed by atoms with Crippen molar-refractivity contribution in [2.45, 2.75) is 44.3 Å². The number of fused-ring (bicyclic) bond motifs is 1. The molecule has 0 saturated carbocycles. The molecule has 2 N–H and O–H groups in total. The molecule has 1 aromatic rings. The molecule has 17 heavy (non-hydrogen) atoms. The van der Waals surface area contributed by atoms with Gasteiger partial charge in [-0.3, -0.25) is 0 Å². The van der Waals surface area contributed by atoms with Gasteiger partial charge in [0.1, 0.15) is 0 Å². The van der Waals surface area contributed by atoms with E-state index in [1.165, 1.54) is 12.1 Å². The first-order valence-corrected chi connectivity index (χ1v) is 5.69. The minimum atomic E-state index is -4.29. The molecule has 1 aromatic carbocycles. The molecule has 0 fully saturated rings. The van der Waals surface area contributed by atoms with Crippen LogP contribution in [0.4, 0.5) is 13.2 Å². The van der Waals surface area contributed by atoms with Gasteiger partial charge in [-0.15, -0.1) is 0 Å². The summed E-state index contributed by atoms with van der Waals surface area (Å²) in [5, 5.41) is 0. The van der Waals surface area contributed by atoms with Gasteiger partial charge >= 0.3 is 6.18 Å². The molecule has 0 aromatic heterocycles. The average Bonchev–Trinajstić information content (AvgIpc) is 2.22. The smallest absolute Gasteiger partial charge is 0.324 e. The summed E-state index contributed by atoms with van der Waals surface area (Å²) in [6.45, 7) is 3.94. The molecular formula is C13H16F3N. The van der Waals surface area contributed by atoms with Crippen LogP contribution in [0.5, 0.6) is 0 Å². The van der Waals surface area contributed by atoms with Crippen molar-refractivity contribution in [1.82, 2.24) is 0 Å². The maximum atomic E-state index is 12.7. The molecule has 0 bridgehead atoms. The molecule has 1 aliphatic carbocycles. The molecule has 2 rings (SSSR count). The number of nitrogens with two attached hydrogens (primary N) is 1. The summed E-state index contributed by atoms with van der Waals surface area (Å²) in [4.78, 5) is 0. The Balaban J connectivity index is 2.56. The van der Waals surface area contributed by atoms with Crippen molar-refractivity contribution in [3.05, 3.63) is 34.9 Å². The Labute approximate surface area is 98.8 Å². The summed E-state index contributed by atoms with van der Waals surface area (Å²) in [5.74, 6) is 0. The van der Waals surface area contributed by atoms with Crippen LogP contribution in [0.1, 0.15) is 49.4 Å². The van der Waals surface area contributed by atoms with Crippen molar-refractivity contribution in [1.29, 1.82) is 0 Å². The van der Waals surface area contributed by atoms with E-state index in [1.807, 2.05) is 13.8 Å². The Morgan fingerprint density at radius 2 is 1.94 bits per heavy atom. The van der Waals surface area contributed by atoms with Crippen molar-refractivity contribution in [3.63, 3.8) is 0 Å². The van der Waals surface area contributed by atoms with Crippen LogP contribution in [0, 0.1) is 0 Å². The van der Waals surface area contributed by atoms with Gasteiger partial charge in [0.15, 0.2) is 0 Å². The van der Waals surface area contributed by atoms with Gasteiger partial charge in [0, 0.05) is 6.04 Å². The number of benzene rings is 1. The molecule has 0 heterocycles. The SMILES string of the molecule is CC1(C)CCC(N)c2ccc(C(F)(F)F)cc21. The molecule has 1 nitrogen and oxygen atoms in total. The van der Waals surface area contributed by atoms with Crippen LogP contribution in [0.25, 0.3) is 0 Å². The minimum absolute atomic E-state index is 0.139. The zero-order chi connectivity index (χ0) is 12.8. The number of rotatable bonds is 0. The molecule has 1 atom stereocenters. The molecule has 0 saturated heterocycles. The molecule has 0 spiro atoms. The minimum Gasteiger partial charge on any atom is -0.324 e. The third kappa shape index (κ3) is 2.18. The van der Waals surface area contributed by atoms with Crippen LogP contribution in [0.3, 0.4) is 0 Å². The fourth-order valence-electron chi connectivity index (χ4n) is 2.45. The Kier molecular flexibility index (Phi) is 2.73.